The Kier molecular flexibility index (Phi) is 4.76. The van der Waals surface area contributed by atoms with Crippen LogP contribution in [0.3, 0.4) is 0 Å². The van der Waals surface area contributed by atoms with E-state index in [9.17, 15) is 0 Å². The van der Waals surface area contributed by atoms with Gasteiger partial charge in [0.1, 0.15) is 5.75 Å². The molecule has 0 heterocycles. The van der Waals surface area contributed by atoms with Crippen molar-refractivity contribution in [2.24, 2.45) is 0 Å². The summed E-state index contributed by atoms with van der Waals surface area (Å²) in [6.07, 6.45) is 0. The van der Waals surface area contributed by atoms with Crippen LogP contribution >= 0.6 is 27.5 Å². The maximum absolute atomic E-state index is 5.95. The number of hydrogen-bond donors (Lipinski definition) is 0. The first-order valence-electron chi connectivity index (χ1n) is 4.67. The number of hydrogen-bond acceptors (Lipinski definition) is 1. The van der Waals surface area contributed by atoms with Gasteiger partial charge in [-0.25, -0.2) is 0 Å². The molecule has 0 amide bonds. The van der Waals surface area contributed by atoms with Gasteiger partial charge in [0.25, 0.3) is 0 Å². The Morgan fingerprint density at radius 1 is 1.50 bits per heavy atom. The molecule has 0 aliphatic carbocycles. The van der Waals surface area contributed by atoms with Crippen molar-refractivity contribution < 1.29 is 4.74 Å². The number of rotatable bonds is 4. The molecule has 0 aromatic heterocycles. The van der Waals surface area contributed by atoms with Crippen molar-refractivity contribution in [1.82, 2.24) is 0 Å². The standard InChI is InChI=1S/C11H14BrClO/c1-3-14-11-5-4-9(13)6-10(11)8(2)7-12/h4-6,8H,3,7H2,1-2H3. The maximum atomic E-state index is 5.95. The molecule has 0 N–H and O–H groups in total. The minimum absolute atomic E-state index is 0.412. The van der Waals surface area contributed by atoms with Gasteiger partial charge in [-0.3, -0.25) is 0 Å². The lowest BCUT2D eigenvalue weighted by Crippen LogP contribution is -2.01. The molecule has 1 rings (SSSR count). The van der Waals surface area contributed by atoms with Crippen LogP contribution in [0.25, 0.3) is 0 Å². The molecule has 0 saturated carbocycles. The molecule has 0 radical (unpaired) electrons. The van der Waals surface area contributed by atoms with E-state index in [1.54, 1.807) is 0 Å². The molecule has 0 spiro atoms. The minimum Gasteiger partial charge on any atom is -0.494 e. The highest BCUT2D eigenvalue weighted by Crippen LogP contribution is 2.30. The predicted molar refractivity (Wildman–Crippen MR) is 64.8 cm³/mol. The summed E-state index contributed by atoms with van der Waals surface area (Å²) in [6, 6.07) is 5.76. The van der Waals surface area contributed by atoms with Gasteiger partial charge >= 0.3 is 0 Å². The van der Waals surface area contributed by atoms with E-state index in [-0.39, 0.29) is 0 Å². The van der Waals surface area contributed by atoms with Crippen molar-refractivity contribution >= 4 is 27.5 Å². The Bertz CT molecular complexity index is 301. The molecule has 78 valence electrons. The van der Waals surface area contributed by atoms with Gasteiger partial charge in [0.2, 0.25) is 0 Å². The second-order valence-electron chi connectivity index (χ2n) is 3.17. The van der Waals surface area contributed by atoms with Crippen LogP contribution in [0.2, 0.25) is 5.02 Å². The fourth-order valence-electron chi connectivity index (χ4n) is 1.27. The summed E-state index contributed by atoms with van der Waals surface area (Å²) in [4.78, 5) is 0. The fraction of sp³-hybridized carbons (Fsp3) is 0.455. The molecule has 14 heavy (non-hydrogen) atoms. The largest absolute Gasteiger partial charge is 0.494 e. The van der Waals surface area contributed by atoms with Crippen LogP contribution in [-0.2, 0) is 0 Å². The number of halogens is 2. The molecular weight excluding hydrogens is 263 g/mol. The van der Waals surface area contributed by atoms with E-state index in [0.29, 0.717) is 12.5 Å². The van der Waals surface area contributed by atoms with Gasteiger partial charge < -0.3 is 4.74 Å². The van der Waals surface area contributed by atoms with Gasteiger partial charge in [0, 0.05) is 10.4 Å². The first kappa shape index (κ1) is 11.9. The zero-order valence-corrected chi connectivity index (χ0v) is 10.7. The van der Waals surface area contributed by atoms with E-state index in [0.717, 1.165) is 21.7 Å². The van der Waals surface area contributed by atoms with Crippen LogP contribution in [0.5, 0.6) is 5.75 Å². The molecule has 1 unspecified atom stereocenters. The van der Waals surface area contributed by atoms with Crippen LogP contribution < -0.4 is 4.74 Å². The number of benzene rings is 1. The van der Waals surface area contributed by atoms with Crippen LogP contribution in [0, 0.1) is 0 Å². The van der Waals surface area contributed by atoms with Crippen molar-refractivity contribution in [2.45, 2.75) is 19.8 Å². The Balaban J connectivity index is 3.02. The molecule has 1 aromatic rings. The zero-order chi connectivity index (χ0) is 10.6. The molecule has 3 heteroatoms. The van der Waals surface area contributed by atoms with E-state index in [4.69, 9.17) is 16.3 Å². The summed E-state index contributed by atoms with van der Waals surface area (Å²) in [5, 5.41) is 1.67. The van der Waals surface area contributed by atoms with Gasteiger partial charge in [0.15, 0.2) is 0 Å². The molecule has 0 aliphatic heterocycles. The fourth-order valence-corrected chi connectivity index (χ4v) is 1.80. The van der Waals surface area contributed by atoms with E-state index < -0.39 is 0 Å². The molecule has 1 aromatic carbocycles. The quantitative estimate of drug-likeness (QED) is 0.748. The van der Waals surface area contributed by atoms with Crippen molar-refractivity contribution in [3.63, 3.8) is 0 Å². The highest BCUT2D eigenvalue weighted by Gasteiger charge is 2.10. The molecule has 0 aliphatic rings. The Morgan fingerprint density at radius 3 is 2.79 bits per heavy atom. The van der Waals surface area contributed by atoms with Gasteiger partial charge in [-0.15, -0.1) is 0 Å². The highest BCUT2D eigenvalue weighted by molar-refractivity contribution is 9.09. The molecule has 1 atom stereocenters. The SMILES string of the molecule is CCOc1ccc(Cl)cc1C(C)CBr. The Hall–Kier alpha value is -0.210. The van der Waals surface area contributed by atoms with Gasteiger partial charge in [-0.2, -0.15) is 0 Å². The topological polar surface area (TPSA) is 9.23 Å². The van der Waals surface area contributed by atoms with Gasteiger partial charge in [-0.1, -0.05) is 34.5 Å². The lowest BCUT2D eigenvalue weighted by Gasteiger charge is -2.14. The second-order valence-corrected chi connectivity index (χ2v) is 4.25. The Labute approximate surface area is 98.5 Å². The smallest absolute Gasteiger partial charge is 0.122 e. The van der Waals surface area contributed by atoms with Gasteiger partial charge in [0.05, 0.1) is 6.61 Å². The average Bonchev–Trinajstić information content (AvgIpc) is 2.20. The maximum Gasteiger partial charge on any atom is 0.122 e. The summed E-state index contributed by atoms with van der Waals surface area (Å²) >= 11 is 9.41. The normalized spacial score (nSPS) is 12.6. The summed E-state index contributed by atoms with van der Waals surface area (Å²) in [5.41, 5.74) is 1.16. The molecule has 0 fully saturated rings. The lowest BCUT2D eigenvalue weighted by atomic mass is 10.0. The highest BCUT2D eigenvalue weighted by atomic mass is 79.9. The third-order valence-electron chi connectivity index (χ3n) is 2.03. The van der Waals surface area contributed by atoms with Crippen LogP contribution in [0.4, 0.5) is 0 Å². The summed E-state index contributed by atoms with van der Waals surface area (Å²) in [6.45, 7) is 4.81. The molecule has 0 saturated heterocycles. The second kappa shape index (κ2) is 5.62. The summed E-state index contributed by atoms with van der Waals surface area (Å²) in [5.74, 6) is 1.35. The van der Waals surface area contributed by atoms with E-state index in [1.165, 1.54) is 0 Å². The van der Waals surface area contributed by atoms with Crippen molar-refractivity contribution in [3.8, 4) is 5.75 Å². The molecule has 0 bridgehead atoms. The number of ether oxygens (including phenoxy) is 1. The van der Waals surface area contributed by atoms with Crippen LogP contribution in [-0.4, -0.2) is 11.9 Å². The van der Waals surface area contributed by atoms with Crippen LogP contribution in [0.1, 0.15) is 25.3 Å². The first-order chi connectivity index (χ1) is 6.69. The summed E-state index contributed by atoms with van der Waals surface area (Å²) in [7, 11) is 0. The molecular formula is C11H14BrClO. The van der Waals surface area contributed by atoms with Crippen molar-refractivity contribution in [2.75, 3.05) is 11.9 Å². The third kappa shape index (κ3) is 2.89. The lowest BCUT2D eigenvalue weighted by molar-refractivity contribution is 0.335. The van der Waals surface area contributed by atoms with Gasteiger partial charge in [-0.05, 0) is 36.6 Å². The monoisotopic (exact) mass is 276 g/mol. The van der Waals surface area contributed by atoms with Crippen molar-refractivity contribution in [1.29, 1.82) is 0 Å². The van der Waals surface area contributed by atoms with Crippen LogP contribution in [0.15, 0.2) is 18.2 Å². The van der Waals surface area contributed by atoms with E-state index in [1.807, 2.05) is 25.1 Å². The van der Waals surface area contributed by atoms with E-state index in [2.05, 4.69) is 22.9 Å². The van der Waals surface area contributed by atoms with Crippen molar-refractivity contribution in [3.05, 3.63) is 28.8 Å². The average molecular weight is 278 g/mol. The predicted octanol–water partition coefficient (Wildman–Crippen LogP) is 4.24. The van der Waals surface area contributed by atoms with E-state index >= 15 is 0 Å². The number of alkyl halides is 1. The summed E-state index contributed by atoms with van der Waals surface area (Å²) < 4.78 is 5.54. The Morgan fingerprint density at radius 2 is 2.21 bits per heavy atom. The first-order valence-corrected chi connectivity index (χ1v) is 6.17. The third-order valence-corrected chi connectivity index (χ3v) is 3.24. The molecule has 1 nitrogen and oxygen atoms in total. The zero-order valence-electron chi connectivity index (χ0n) is 8.39. The minimum atomic E-state index is 0.412.